The molecule has 4 aromatic rings. The number of thiazole rings is 1. The highest BCUT2D eigenvalue weighted by Crippen LogP contribution is 2.32. The molecule has 0 N–H and O–H groups in total. The van der Waals surface area contributed by atoms with E-state index in [0.717, 1.165) is 10.5 Å². The molecule has 0 saturated heterocycles. The van der Waals surface area contributed by atoms with Crippen molar-refractivity contribution in [2.45, 2.75) is 31.7 Å². The van der Waals surface area contributed by atoms with E-state index in [-0.39, 0.29) is 18.8 Å². The van der Waals surface area contributed by atoms with Crippen molar-refractivity contribution in [1.29, 1.82) is 0 Å². The topological polar surface area (TPSA) is 100 Å². The Morgan fingerprint density at radius 2 is 1.78 bits per heavy atom. The smallest absolute Gasteiger partial charge is 0.338 e. The van der Waals surface area contributed by atoms with Crippen molar-refractivity contribution in [2.75, 3.05) is 19.5 Å². The zero-order chi connectivity index (χ0) is 29.1. The van der Waals surface area contributed by atoms with Crippen LogP contribution >= 0.6 is 23.1 Å². The molecule has 0 amide bonds. The Morgan fingerprint density at radius 3 is 2.49 bits per heavy atom. The van der Waals surface area contributed by atoms with Crippen molar-refractivity contribution in [3.8, 4) is 11.3 Å². The lowest BCUT2D eigenvalue weighted by molar-refractivity contribution is -0.139. The monoisotopic (exact) mass is 588 g/mol. The molecule has 0 spiro atoms. The number of nitrogens with zero attached hydrogens (tertiary/aromatic N) is 2. The molecule has 1 aliphatic rings. The van der Waals surface area contributed by atoms with E-state index in [1.807, 2.05) is 36.6 Å². The summed E-state index contributed by atoms with van der Waals surface area (Å²) in [5.41, 5.74) is 2.48. The van der Waals surface area contributed by atoms with E-state index in [0.29, 0.717) is 43.3 Å². The Kier molecular flexibility index (Phi) is 8.41. The molecule has 210 valence electrons. The number of aromatic nitrogens is 1. The minimum Gasteiger partial charge on any atom is -0.463 e. The first-order chi connectivity index (χ1) is 19.8. The molecule has 1 atom stereocenters. The fourth-order valence-electron chi connectivity index (χ4n) is 4.62. The second kappa shape index (κ2) is 12.2. The summed E-state index contributed by atoms with van der Waals surface area (Å²) >= 11 is 2.84. The van der Waals surface area contributed by atoms with Gasteiger partial charge in [-0.3, -0.25) is 9.36 Å². The first-order valence-corrected chi connectivity index (χ1v) is 15.1. The van der Waals surface area contributed by atoms with Gasteiger partial charge in [-0.25, -0.2) is 14.6 Å². The summed E-state index contributed by atoms with van der Waals surface area (Å²) in [5.74, 6) is 0.108. The molecule has 0 radical (unpaired) electrons. The first-order valence-electron chi connectivity index (χ1n) is 13.1. The second-order valence-electron chi connectivity index (χ2n) is 9.08. The number of hydrogen-bond donors (Lipinski definition) is 0. The predicted octanol–water partition coefficient (Wildman–Crippen LogP) is 4.96. The van der Waals surface area contributed by atoms with E-state index < -0.39 is 18.0 Å². The summed E-state index contributed by atoms with van der Waals surface area (Å²) in [6.45, 7) is 5.76. The second-order valence-corrected chi connectivity index (χ2v) is 11.0. The van der Waals surface area contributed by atoms with Crippen LogP contribution in [0.3, 0.4) is 0 Å². The Hall–Kier alpha value is -4.15. The summed E-state index contributed by atoms with van der Waals surface area (Å²) in [4.78, 5) is 45.2. The van der Waals surface area contributed by atoms with Gasteiger partial charge in [0.1, 0.15) is 11.5 Å². The van der Waals surface area contributed by atoms with Gasteiger partial charge >= 0.3 is 11.9 Å². The van der Waals surface area contributed by atoms with Gasteiger partial charge in [-0.2, -0.15) is 0 Å². The molecular formula is C31H28N2O6S2. The lowest BCUT2D eigenvalue weighted by atomic mass is 9.96. The van der Waals surface area contributed by atoms with Crippen LogP contribution in [0.1, 0.15) is 48.5 Å². The number of allylic oxidation sites excluding steroid dienone is 1. The standard InChI is InChI=1S/C31H28N2O6S2/c1-5-37-29(35)21-9-7-8-20(16-21)24-15-12-22(39-24)17-25-28(34)33-27(19-10-13-23(40-4)14-11-19)26(30(36)38-6-2)18(3)32-31(33)41-25/h7-17,27H,5-6H2,1-4H3/b25-17-/t27-/m0/s1. The Morgan fingerprint density at radius 1 is 1.05 bits per heavy atom. The maximum absolute atomic E-state index is 13.8. The van der Waals surface area contributed by atoms with Crippen LogP contribution in [-0.4, -0.2) is 36.0 Å². The Bertz CT molecular complexity index is 1830. The van der Waals surface area contributed by atoms with Crippen molar-refractivity contribution in [3.63, 3.8) is 0 Å². The van der Waals surface area contributed by atoms with Gasteiger partial charge in [-0.05, 0) is 69.0 Å². The van der Waals surface area contributed by atoms with Gasteiger partial charge in [0.05, 0.1) is 40.6 Å². The molecule has 2 aromatic carbocycles. The first kappa shape index (κ1) is 28.4. The van der Waals surface area contributed by atoms with E-state index in [4.69, 9.17) is 13.9 Å². The molecule has 0 unspecified atom stereocenters. The van der Waals surface area contributed by atoms with Crippen LogP contribution in [0, 0.1) is 0 Å². The molecular weight excluding hydrogens is 560 g/mol. The molecule has 0 bridgehead atoms. The number of thioether (sulfide) groups is 1. The molecule has 41 heavy (non-hydrogen) atoms. The van der Waals surface area contributed by atoms with Crippen LogP contribution in [0.2, 0.25) is 0 Å². The van der Waals surface area contributed by atoms with Gasteiger partial charge in [0.15, 0.2) is 4.80 Å². The predicted molar refractivity (Wildman–Crippen MR) is 159 cm³/mol. The van der Waals surface area contributed by atoms with Crippen molar-refractivity contribution in [2.24, 2.45) is 4.99 Å². The van der Waals surface area contributed by atoms with E-state index in [1.54, 1.807) is 73.5 Å². The SMILES string of the molecule is CCOC(=O)C1=C(C)N=c2s/c(=C\c3ccc(-c4cccc(C(=O)OCC)c4)o3)c(=O)n2[C@H]1c1ccc(SC)cc1. The lowest BCUT2D eigenvalue weighted by Crippen LogP contribution is -2.39. The van der Waals surface area contributed by atoms with Crippen LogP contribution in [-0.2, 0) is 14.3 Å². The van der Waals surface area contributed by atoms with Gasteiger partial charge in [0, 0.05) is 16.5 Å². The molecule has 5 rings (SSSR count). The summed E-state index contributed by atoms with van der Waals surface area (Å²) in [6, 6.07) is 17.6. The summed E-state index contributed by atoms with van der Waals surface area (Å²) in [6.07, 6.45) is 3.66. The molecule has 8 nitrogen and oxygen atoms in total. The van der Waals surface area contributed by atoms with E-state index >= 15 is 0 Å². The third-order valence-corrected chi connectivity index (χ3v) is 8.23. The van der Waals surface area contributed by atoms with E-state index in [2.05, 4.69) is 4.99 Å². The summed E-state index contributed by atoms with van der Waals surface area (Å²) in [5, 5.41) is 0. The number of esters is 2. The van der Waals surface area contributed by atoms with E-state index in [9.17, 15) is 14.4 Å². The van der Waals surface area contributed by atoms with Crippen molar-refractivity contribution >= 4 is 41.1 Å². The van der Waals surface area contributed by atoms with Gasteiger partial charge in [-0.1, -0.05) is 35.6 Å². The minimum absolute atomic E-state index is 0.210. The minimum atomic E-state index is -0.680. The molecule has 2 aromatic heterocycles. The van der Waals surface area contributed by atoms with Gasteiger partial charge in [-0.15, -0.1) is 11.8 Å². The van der Waals surface area contributed by atoms with Crippen LogP contribution in [0.4, 0.5) is 0 Å². The third kappa shape index (κ3) is 5.71. The molecule has 0 saturated carbocycles. The highest BCUT2D eigenvalue weighted by molar-refractivity contribution is 7.98. The molecule has 1 aliphatic heterocycles. The largest absolute Gasteiger partial charge is 0.463 e. The number of carbonyl (C=O) groups is 2. The van der Waals surface area contributed by atoms with Crippen LogP contribution < -0.4 is 14.9 Å². The summed E-state index contributed by atoms with van der Waals surface area (Å²) < 4.78 is 18.5. The van der Waals surface area contributed by atoms with Crippen LogP contribution in [0.25, 0.3) is 17.4 Å². The number of carbonyl (C=O) groups excluding carboxylic acids is 2. The zero-order valence-electron chi connectivity index (χ0n) is 23.0. The van der Waals surface area contributed by atoms with Gasteiger partial charge < -0.3 is 13.9 Å². The average molecular weight is 589 g/mol. The zero-order valence-corrected chi connectivity index (χ0v) is 24.6. The highest BCUT2D eigenvalue weighted by atomic mass is 32.2. The number of fused-ring (bicyclic) bond motifs is 1. The lowest BCUT2D eigenvalue weighted by Gasteiger charge is -2.24. The third-order valence-electron chi connectivity index (χ3n) is 6.51. The molecule has 3 heterocycles. The van der Waals surface area contributed by atoms with Crippen molar-refractivity contribution in [1.82, 2.24) is 4.57 Å². The average Bonchev–Trinajstić information content (AvgIpc) is 3.57. The Balaban J connectivity index is 1.57. The number of ether oxygens (including phenoxy) is 2. The Labute approximate surface area is 244 Å². The number of hydrogen-bond acceptors (Lipinski definition) is 9. The maximum atomic E-state index is 13.8. The number of benzene rings is 2. The normalized spacial score (nSPS) is 14.9. The molecule has 0 fully saturated rings. The van der Waals surface area contributed by atoms with Crippen LogP contribution in [0.5, 0.6) is 0 Å². The fourth-order valence-corrected chi connectivity index (χ4v) is 6.06. The number of rotatable bonds is 8. The van der Waals surface area contributed by atoms with Gasteiger partial charge in [0.25, 0.3) is 5.56 Å². The van der Waals surface area contributed by atoms with E-state index in [1.165, 1.54) is 11.3 Å². The summed E-state index contributed by atoms with van der Waals surface area (Å²) in [7, 11) is 0. The maximum Gasteiger partial charge on any atom is 0.338 e. The quantitative estimate of drug-likeness (QED) is 0.212. The van der Waals surface area contributed by atoms with Crippen molar-refractivity contribution in [3.05, 3.63) is 109 Å². The fraction of sp³-hybridized carbons (Fsp3) is 0.226. The molecule has 0 aliphatic carbocycles. The highest BCUT2D eigenvalue weighted by Gasteiger charge is 2.33. The van der Waals surface area contributed by atoms with Crippen molar-refractivity contribution < 1.29 is 23.5 Å². The number of furan rings is 1. The van der Waals surface area contributed by atoms with Crippen LogP contribution in [0.15, 0.2) is 91.0 Å². The van der Waals surface area contributed by atoms with Gasteiger partial charge in [0.2, 0.25) is 0 Å². The molecule has 10 heteroatoms.